The first-order valence-corrected chi connectivity index (χ1v) is 6.56. The van der Waals surface area contributed by atoms with E-state index in [9.17, 15) is 12.8 Å². The van der Waals surface area contributed by atoms with Gasteiger partial charge in [-0.05, 0) is 23.3 Å². The van der Waals surface area contributed by atoms with E-state index in [0.29, 0.717) is 11.1 Å². The summed E-state index contributed by atoms with van der Waals surface area (Å²) < 4.78 is 44.1. The molecule has 1 aromatic heterocycles. The molecule has 1 aromatic carbocycles. The van der Waals surface area contributed by atoms with E-state index in [0.717, 1.165) is 0 Å². The monoisotopic (exact) mass is 267 g/mol. The highest BCUT2D eigenvalue weighted by atomic mass is 32.2. The molecule has 0 fully saturated rings. The predicted octanol–water partition coefficient (Wildman–Crippen LogP) is 2.06. The highest BCUT2D eigenvalue weighted by Gasteiger charge is 2.14. The summed E-state index contributed by atoms with van der Waals surface area (Å²) in [4.78, 5) is 3.34. The molecular formula is C12H10FNO3S. The summed E-state index contributed by atoms with van der Waals surface area (Å²) in [6.45, 7) is 0. The van der Waals surface area contributed by atoms with Crippen LogP contribution in [0.25, 0.3) is 0 Å². The van der Waals surface area contributed by atoms with Crippen molar-refractivity contribution in [2.24, 2.45) is 0 Å². The Balaban J connectivity index is 2.38. The molecular weight excluding hydrogens is 257 g/mol. The van der Waals surface area contributed by atoms with Crippen LogP contribution < -0.4 is 0 Å². The lowest BCUT2D eigenvalue weighted by Gasteiger charge is -2.06. The van der Waals surface area contributed by atoms with Gasteiger partial charge in [-0.1, -0.05) is 24.3 Å². The Hall–Kier alpha value is -1.79. The molecule has 0 radical (unpaired) electrons. The van der Waals surface area contributed by atoms with Crippen molar-refractivity contribution < 1.29 is 17.4 Å². The smallest absolute Gasteiger partial charge is 0.282 e. The largest absolute Gasteiger partial charge is 0.294 e. The molecule has 0 unspecified atom stereocenters. The highest BCUT2D eigenvalue weighted by Crippen LogP contribution is 2.18. The fourth-order valence-corrected chi connectivity index (χ4v) is 2.35. The quantitative estimate of drug-likeness (QED) is 0.682. The minimum atomic E-state index is -4.26. The first-order valence-electron chi connectivity index (χ1n) is 5.12. The van der Waals surface area contributed by atoms with Crippen molar-refractivity contribution in [2.75, 3.05) is 0 Å². The molecule has 0 saturated heterocycles. The van der Waals surface area contributed by atoms with Crippen molar-refractivity contribution >= 4 is 10.1 Å². The van der Waals surface area contributed by atoms with Gasteiger partial charge in [-0.25, -0.2) is 4.98 Å². The van der Waals surface area contributed by atoms with E-state index in [1.165, 1.54) is 30.5 Å². The molecule has 2 aromatic rings. The standard InChI is InChI=1S/C12H10FNO3S/c13-12-6-5-9(8-14-12)7-10-3-1-2-4-11(10)18(15,16)17/h1-6,8H,7H2,(H,15,16,17). The van der Waals surface area contributed by atoms with Crippen LogP contribution in [-0.4, -0.2) is 18.0 Å². The Morgan fingerprint density at radius 1 is 1.17 bits per heavy atom. The lowest BCUT2D eigenvalue weighted by atomic mass is 10.1. The molecule has 0 aliphatic heterocycles. The normalized spacial score (nSPS) is 11.4. The molecule has 0 aliphatic rings. The minimum Gasteiger partial charge on any atom is -0.282 e. The van der Waals surface area contributed by atoms with Crippen LogP contribution in [0.2, 0.25) is 0 Å². The molecule has 18 heavy (non-hydrogen) atoms. The van der Waals surface area contributed by atoms with Gasteiger partial charge in [0.25, 0.3) is 10.1 Å². The zero-order chi connectivity index (χ0) is 13.2. The molecule has 1 heterocycles. The minimum absolute atomic E-state index is 0.144. The third kappa shape index (κ3) is 2.91. The Morgan fingerprint density at radius 3 is 2.50 bits per heavy atom. The van der Waals surface area contributed by atoms with Crippen molar-refractivity contribution in [1.29, 1.82) is 0 Å². The Bertz CT molecular complexity index is 653. The van der Waals surface area contributed by atoms with Gasteiger partial charge in [0.2, 0.25) is 5.95 Å². The molecule has 6 heteroatoms. The predicted molar refractivity (Wildman–Crippen MR) is 63.3 cm³/mol. The molecule has 4 nitrogen and oxygen atoms in total. The lowest BCUT2D eigenvalue weighted by Crippen LogP contribution is -2.03. The van der Waals surface area contributed by atoms with Crippen molar-refractivity contribution in [1.82, 2.24) is 4.98 Å². The van der Waals surface area contributed by atoms with Crippen molar-refractivity contribution in [3.63, 3.8) is 0 Å². The molecule has 0 spiro atoms. The first-order chi connectivity index (χ1) is 8.47. The third-order valence-corrected chi connectivity index (χ3v) is 3.39. The van der Waals surface area contributed by atoms with Gasteiger partial charge in [0.15, 0.2) is 0 Å². The summed E-state index contributed by atoms with van der Waals surface area (Å²) in [5, 5.41) is 0. The first kappa shape index (κ1) is 12.7. The average molecular weight is 267 g/mol. The van der Waals surface area contributed by atoms with Gasteiger partial charge in [0.05, 0.1) is 4.90 Å². The molecule has 0 atom stereocenters. The number of benzene rings is 1. The van der Waals surface area contributed by atoms with E-state index in [4.69, 9.17) is 4.55 Å². The molecule has 0 saturated carbocycles. The summed E-state index contributed by atoms with van der Waals surface area (Å²) in [6, 6.07) is 8.82. The molecule has 1 N–H and O–H groups in total. The molecule has 94 valence electrons. The number of hydrogen-bond donors (Lipinski definition) is 1. The van der Waals surface area contributed by atoms with Crippen LogP contribution in [0, 0.1) is 5.95 Å². The van der Waals surface area contributed by atoms with Gasteiger partial charge < -0.3 is 0 Å². The van der Waals surface area contributed by atoms with Crippen LogP contribution in [0.4, 0.5) is 4.39 Å². The Labute approximate surface area is 104 Å². The molecule has 2 rings (SSSR count). The lowest BCUT2D eigenvalue weighted by molar-refractivity contribution is 0.482. The second-order valence-corrected chi connectivity index (χ2v) is 5.14. The zero-order valence-corrected chi connectivity index (χ0v) is 10.1. The van der Waals surface area contributed by atoms with Gasteiger partial charge in [-0.15, -0.1) is 0 Å². The van der Waals surface area contributed by atoms with Crippen molar-refractivity contribution in [3.05, 3.63) is 59.7 Å². The number of rotatable bonds is 3. The van der Waals surface area contributed by atoms with Crippen molar-refractivity contribution in [3.8, 4) is 0 Å². The maximum absolute atomic E-state index is 12.6. The van der Waals surface area contributed by atoms with Gasteiger partial charge in [0, 0.05) is 12.6 Å². The fraction of sp³-hybridized carbons (Fsp3) is 0.0833. The number of pyridine rings is 1. The third-order valence-electron chi connectivity index (χ3n) is 2.43. The van der Waals surface area contributed by atoms with Crippen LogP contribution >= 0.6 is 0 Å². The Morgan fingerprint density at radius 2 is 1.89 bits per heavy atom. The molecule has 0 amide bonds. The zero-order valence-electron chi connectivity index (χ0n) is 9.25. The number of halogens is 1. The van der Waals surface area contributed by atoms with Crippen LogP contribution in [0.1, 0.15) is 11.1 Å². The number of hydrogen-bond acceptors (Lipinski definition) is 3. The van der Waals surface area contributed by atoms with Crippen LogP contribution in [0.3, 0.4) is 0 Å². The van der Waals surface area contributed by atoms with Crippen LogP contribution in [-0.2, 0) is 16.5 Å². The second-order valence-electron chi connectivity index (χ2n) is 3.75. The van der Waals surface area contributed by atoms with Crippen LogP contribution in [0.15, 0.2) is 47.5 Å². The van der Waals surface area contributed by atoms with E-state index >= 15 is 0 Å². The van der Waals surface area contributed by atoms with Gasteiger partial charge in [0.1, 0.15) is 0 Å². The van der Waals surface area contributed by atoms with E-state index in [-0.39, 0.29) is 11.3 Å². The summed E-state index contributed by atoms with van der Waals surface area (Å²) in [5.74, 6) is -0.596. The van der Waals surface area contributed by atoms with Crippen molar-refractivity contribution in [2.45, 2.75) is 11.3 Å². The SMILES string of the molecule is O=S(=O)(O)c1ccccc1Cc1ccc(F)nc1. The number of aromatic nitrogens is 1. The summed E-state index contributed by atoms with van der Waals surface area (Å²) in [7, 11) is -4.26. The summed E-state index contributed by atoms with van der Waals surface area (Å²) >= 11 is 0. The fourth-order valence-electron chi connectivity index (χ4n) is 1.63. The topological polar surface area (TPSA) is 67.3 Å². The average Bonchev–Trinajstić information content (AvgIpc) is 2.31. The van der Waals surface area contributed by atoms with Gasteiger partial charge in [-0.2, -0.15) is 12.8 Å². The highest BCUT2D eigenvalue weighted by molar-refractivity contribution is 7.85. The maximum atomic E-state index is 12.6. The Kier molecular flexibility index (Phi) is 3.40. The van der Waals surface area contributed by atoms with Gasteiger partial charge in [-0.3, -0.25) is 4.55 Å². The molecule has 0 aliphatic carbocycles. The van der Waals surface area contributed by atoms with E-state index in [1.54, 1.807) is 12.1 Å². The van der Waals surface area contributed by atoms with E-state index in [1.807, 2.05) is 0 Å². The van der Waals surface area contributed by atoms with Gasteiger partial charge >= 0.3 is 0 Å². The second kappa shape index (κ2) is 4.83. The number of nitrogens with zero attached hydrogens (tertiary/aromatic N) is 1. The van der Waals surface area contributed by atoms with E-state index < -0.39 is 16.1 Å². The maximum Gasteiger partial charge on any atom is 0.294 e. The van der Waals surface area contributed by atoms with E-state index in [2.05, 4.69) is 4.98 Å². The molecule has 0 bridgehead atoms. The summed E-state index contributed by atoms with van der Waals surface area (Å²) in [6.07, 6.45) is 1.58. The summed E-state index contributed by atoms with van der Waals surface area (Å²) in [5.41, 5.74) is 1.10. The van der Waals surface area contributed by atoms with Crippen LogP contribution in [0.5, 0.6) is 0 Å².